The average Bonchev–Trinajstić information content (AvgIpc) is 2.51. The number of hydrogen-bond donors (Lipinski definition) is 0. The first-order valence-corrected chi connectivity index (χ1v) is 7.08. The van der Waals surface area contributed by atoms with Crippen LogP contribution in [0.1, 0.15) is 23.0 Å². The molecule has 1 saturated heterocycles. The topological polar surface area (TPSA) is 20.3 Å². The van der Waals surface area contributed by atoms with Crippen molar-refractivity contribution < 1.29 is 4.79 Å². The smallest absolute Gasteiger partial charge is 0.150 e. The lowest BCUT2D eigenvalue weighted by molar-refractivity contribution is -0.124. The molecular formula is C18H19NO. The van der Waals surface area contributed by atoms with Gasteiger partial charge in [0.15, 0.2) is 0 Å². The van der Waals surface area contributed by atoms with Crippen LogP contribution < -0.4 is 0 Å². The summed E-state index contributed by atoms with van der Waals surface area (Å²) in [4.78, 5) is 15.1. The lowest BCUT2D eigenvalue weighted by atomic mass is 9.80. The van der Waals surface area contributed by atoms with Gasteiger partial charge in [0.2, 0.25) is 0 Å². The zero-order valence-electron chi connectivity index (χ0n) is 11.7. The van der Waals surface area contributed by atoms with E-state index >= 15 is 0 Å². The zero-order chi connectivity index (χ0) is 13.9. The normalized spacial score (nSPS) is 23.8. The number of rotatable bonds is 2. The molecule has 3 rings (SSSR count). The maximum Gasteiger partial charge on any atom is 0.150 e. The van der Waals surface area contributed by atoms with Crippen LogP contribution in [-0.2, 0) is 4.79 Å². The maximum absolute atomic E-state index is 12.8. The molecule has 2 nitrogen and oxygen atoms in total. The second-order valence-electron chi connectivity index (χ2n) is 5.55. The summed E-state index contributed by atoms with van der Waals surface area (Å²) in [5.74, 6) is 0.320. The third-order valence-corrected chi connectivity index (χ3v) is 4.08. The third-order valence-electron chi connectivity index (χ3n) is 4.08. The van der Waals surface area contributed by atoms with E-state index in [0.29, 0.717) is 5.78 Å². The number of likely N-dealkylation sites (N-methyl/N-ethyl adjacent to an activating group) is 1. The van der Waals surface area contributed by atoms with Crippen molar-refractivity contribution in [1.29, 1.82) is 0 Å². The van der Waals surface area contributed by atoms with E-state index in [0.717, 1.165) is 24.2 Å². The Labute approximate surface area is 120 Å². The average molecular weight is 265 g/mol. The van der Waals surface area contributed by atoms with Crippen LogP contribution in [-0.4, -0.2) is 30.8 Å². The zero-order valence-corrected chi connectivity index (χ0v) is 11.7. The molecule has 0 saturated carbocycles. The number of likely N-dealkylation sites (tertiary alicyclic amines) is 1. The number of carbonyl (C=O) groups excluding carboxylic acids is 1. The van der Waals surface area contributed by atoms with Gasteiger partial charge in [0, 0.05) is 13.1 Å². The highest BCUT2D eigenvalue weighted by molar-refractivity contribution is 5.93. The summed E-state index contributed by atoms with van der Waals surface area (Å²) in [5, 5.41) is 0. The highest BCUT2D eigenvalue weighted by Gasteiger charge is 2.35. The van der Waals surface area contributed by atoms with Crippen LogP contribution >= 0.6 is 0 Å². The Bertz CT molecular complexity index is 527. The van der Waals surface area contributed by atoms with Gasteiger partial charge in [0.25, 0.3) is 0 Å². The van der Waals surface area contributed by atoms with Gasteiger partial charge < -0.3 is 4.90 Å². The first-order chi connectivity index (χ1) is 9.75. The standard InChI is InChI=1S/C18H19NO/c1-19-12-16(14-8-4-2-5-9-14)18(20)17(13-19)15-10-6-3-7-11-15/h2-11,16-17H,12-13H2,1H3/t16-,17-/m0/s1. The molecule has 0 radical (unpaired) electrons. The van der Waals surface area contributed by atoms with Gasteiger partial charge in [-0.3, -0.25) is 4.79 Å². The Balaban J connectivity index is 1.92. The molecule has 0 unspecified atom stereocenters. The van der Waals surface area contributed by atoms with Crippen LogP contribution in [0.25, 0.3) is 0 Å². The van der Waals surface area contributed by atoms with Gasteiger partial charge in [-0.05, 0) is 18.2 Å². The summed E-state index contributed by atoms with van der Waals surface area (Å²) in [6, 6.07) is 20.3. The molecule has 0 aromatic heterocycles. The highest BCUT2D eigenvalue weighted by Crippen LogP contribution is 2.31. The van der Waals surface area contributed by atoms with Crippen LogP contribution in [0.3, 0.4) is 0 Å². The third kappa shape index (κ3) is 2.52. The Morgan fingerprint density at radius 1 is 0.800 bits per heavy atom. The fourth-order valence-corrected chi connectivity index (χ4v) is 3.03. The molecule has 1 heterocycles. The van der Waals surface area contributed by atoms with E-state index in [9.17, 15) is 4.79 Å². The van der Waals surface area contributed by atoms with Crippen LogP contribution in [0.4, 0.5) is 0 Å². The summed E-state index contributed by atoms with van der Waals surface area (Å²) in [7, 11) is 2.10. The van der Waals surface area contributed by atoms with Gasteiger partial charge in [-0.1, -0.05) is 60.7 Å². The van der Waals surface area contributed by atoms with Crippen LogP contribution in [0, 0.1) is 0 Å². The van der Waals surface area contributed by atoms with Crippen molar-refractivity contribution in [3.63, 3.8) is 0 Å². The molecule has 0 amide bonds. The number of carbonyl (C=O) groups is 1. The molecule has 1 aliphatic rings. The molecule has 20 heavy (non-hydrogen) atoms. The molecule has 2 heteroatoms. The Kier molecular flexibility index (Phi) is 3.66. The second-order valence-corrected chi connectivity index (χ2v) is 5.55. The van der Waals surface area contributed by atoms with E-state index in [2.05, 4.69) is 36.2 Å². The van der Waals surface area contributed by atoms with Gasteiger partial charge in [0.05, 0.1) is 11.8 Å². The quantitative estimate of drug-likeness (QED) is 0.831. The predicted octanol–water partition coefficient (Wildman–Crippen LogP) is 3.07. The molecule has 0 N–H and O–H groups in total. The summed E-state index contributed by atoms with van der Waals surface area (Å²) in [6.07, 6.45) is 0. The van der Waals surface area contributed by atoms with Crippen LogP contribution in [0.5, 0.6) is 0 Å². The Morgan fingerprint density at radius 2 is 1.20 bits per heavy atom. The molecule has 0 spiro atoms. The molecule has 0 aliphatic carbocycles. The van der Waals surface area contributed by atoms with Crippen molar-refractivity contribution in [2.45, 2.75) is 11.8 Å². The fraction of sp³-hybridized carbons (Fsp3) is 0.278. The summed E-state index contributed by atoms with van der Waals surface area (Å²) in [6.45, 7) is 1.62. The van der Waals surface area contributed by atoms with Gasteiger partial charge in [0.1, 0.15) is 5.78 Å². The van der Waals surface area contributed by atoms with Crippen molar-refractivity contribution in [2.24, 2.45) is 0 Å². The van der Waals surface area contributed by atoms with E-state index in [1.807, 2.05) is 36.4 Å². The minimum Gasteiger partial charge on any atom is -0.304 e. The number of ketones is 1. The highest BCUT2D eigenvalue weighted by atomic mass is 16.1. The van der Waals surface area contributed by atoms with Crippen molar-refractivity contribution in [1.82, 2.24) is 4.90 Å². The number of piperidine rings is 1. The van der Waals surface area contributed by atoms with Gasteiger partial charge in [-0.15, -0.1) is 0 Å². The van der Waals surface area contributed by atoms with Crippen molar-refractivity contribution in [2.75, 3.05) is 20.1 Å². The fourth-order valence-electron chi connectivity index (χ4n) is 3.03. The lowest BCUT2D eigenvalue weighted by Crippen LogP contribution is -2.42. The molecule has 2 aromatic carbocycles. The summed E-state index contributed by atoms with van der Waals surface area (Å²) in [5.41, 5.74) is 2.26. The van der Waals surface area contributed by atoms with Crippen LogP contribution in [0.2, 0.25) is 0 Å². The van der Waals surface area contributed by atoms with Crippen LogP contribution in [0.15, 0.2) is 60.7 Å². The first kappa shape index (κ1) is 13.1. The minimum absolute atomic E-state index is 0.0137. The molecule has 2 aromatic rings. The molecular weight excluding hydrogens is 246 g/mol. The monoisotopic (exact) mass is 265 g/mol. The number of benzene rings is 2. The van der Waals surface area contributed by atoms with E-state index in [1.54, 1.807) is 0 Å². The number of Topliss-reactive ketones (excluding diaryl/α,β-unsaturated/α-hetero) is 1. The molecule has 1 aliphatic heterocycles. The number of hydrogen-bond acceptors (Lipinski definition) is 2. The van der Waals surface area contributed by atoms with E-state index < -0.39 is 0 Å². The van der Waals surface area contributed by atoms with Crippen molar-refractivity contribution in [3.05, 3.63) is 71.8 Å². The lowest BCUT2D eigenvalue weighted by Gasteiger charge is -2.35. The summed E-state index contributed by atoms with van der Waals surface area (Å²) < 4.78 is 0. The Morgan fingerprint density at radius 3 is 1.60 bits per heavy atom. The Hall–Kier alpha value is -1.93. The second kappa shape index (κ2) is 5.59. The summed E-state index contributed by atoms with van der Waals surface area (Å²) >= 11 is 0. The van der Waals surface area contributed by atoms with E-state index in [-0.39, 0.29) is 11.8 Å². The van der Waals surface area contributed by atoms with Gasteiger partial charge in [-0.25, -0.2) is 0 Å². The molecule has 0 bridgehead atoms. The van der Waals surface area contributed by atoms with Gasteiger partial charge in [-0.2, -0.15) is 0 Å². The maximum atomic E-state index is 12.8. The number of nitrogens with zero attached hydrogens (tertiary/aromatic N) is 1. The minimum atomic E-state index is -0.0137. The van der Waals surface area contributed by atoms with Crippen molar-refractivity contribution in [3.8, 4) is 0 Å². The van der Waals surface area contributed by atoms with E-state index in [4.69, 9.17) is 0 Å². The molecule has 2 atom stereocenters. The first-order valence-electron chi connectivity index (χ1n) is 7.08. The largest absolute Gasteiger partial charge is 0.304 e. The van der Waals surface area contributed by atoms with E-state index in [1.165, 1.54) is 0 Å². The predicted molar refractivity (Wildman–Crippen MR) is 80.9 cm³/mol. The molecule has 1 fully saturated rings. The SMILES string of the molecule is CN1C[C@@H](c2ccccc2)C(=O)[C@H](c2ccccc2)C1. The van der Waals surface area contributed by atoms with Gasteiger partial charge >= 0.3 is 0 Å². The molecule has 102 valence electrons. The van der Waals surface area contributed by atoms with Crippen molar-refractivity contribution >= 4 is 5.78 Å².